The molecule has 1 saturated carbocycles. The van der Waals surface area contributed by atoms with E-state index in [1.807, 2.05) is 84.9 Å². The molecular formula is C23H17BrO2. The highest BCUT2D eigenvalue weighted by molar-refractivity contribution is 9.10. The standard InChI is InChI=1S/C23H17BrO2/c24-18-13-11-15(12-14-18)19-20(22(25)16-7-3-1-4-8-16)21(19)23(26)17-9-5-2-6-10-17/h1-14,19-21H/t19?,20-,21+. The minimum absolute atomic E-state index is 0.0489. The molecular weight excluding hydrogens is 388 g/mol. The van der Waals surface area contributed by atoms with Crippen LogP contribution in [0.4, 0.5) is 0 Å². The Kier molecular flexibility index (Phi) is 4.56. The van der Waals surface area contributed by atoms with E-state index in [0.717, 1.165) is 10.0 Å². The number of carbonyl (C=O) groups is 2. The quantitative estimate of drug-likeness (QED) is 0.522. The fraction of sp³-hybridized carbons (Fsp3) is 0.130. The molecule has 0 bridgehead atoms. The largest absolute Gasteiger partial charge is 0.294 e. The Morgan fingerprint density at radius 3 is 1.46 bits per heavy atom. The lowest BCUT2D eigenvalue weighted by atomic mass is 10.0. The summed E-state index contributed by atoms with van der Waals surface area (Å²) in [5.74, 6) is -0.568. The lowest BCUT2D eigenvalue weighted by Crippen LogP contribution is -2.09. The molecule has 128 valence electrons. The smallest absolute Gasteiger partial charge is 0.167 e. The SMILES string of the molecule is O=C(c1ccccc1)[C@@H]1C(c2ccc(Br)cc2)[C@@H]1C(=O)c1ccccc1. The maximum atomic E-state index is 13.0. The minimum Gasteiger partial charge on any atom is -0.294 e. The maximum absolute atomic E-state index is 13.0. The summed E-state index contributed by atoms with van der Waals surface area (Å²) in [6, 6.07) is 26.4. The van der Waals surface area contributed by atoms with Gasteiger partial charge in [0.1, 0.15) is 0 Å². The van der Waals surface area contributed by atoms with Gasteiger partial charge in [-0.3, -0.25) is 9.59 Å². The molecule has 1 aliphatic carbocycles. The third-order valence-corrected chi connectivity index (χ3v) is 5.53. The monoisotopic (exact) mass is 404 g/mol. The molecule has 0 saturated heterocycles. The van der Waals surface area contributed by atoms with Crippen LogP contribution in [0.2, 0.25) is 0 Å². The molecule has 26 heavy (non-hydrogen) atoms. The second-order valence-corrected chi connectivity index (χ2v) is 7.51. The van der Waals surface area contributed by atoms with Crippen LogP contribution in [-0.4, -0.2) is 11.6 Å². The molecule has 0 N–H and O–H groups in total. The third kappa shape index (κ3) is 3.15. The van der Waals surface area contributed by atoms with Crippen molar-refractivity contribution in [3.05, 3.63) is 106 Å². The van der Waals surface area contributed by atoms with E-state index in [1.54, 1.807) is 0 Å². The molecule has 0 radical (unpaired) electrons. The third-order valence-electron chi connectivity index (χ3n) is 5.00. The van der Waals surface area contributed by atoms with Crippen molar-refractivity contribution >= 4 is 27.5 Å². The summed E-state index contributed by atoms with van der Waals surface area (Å²) >= 11 is 3.44. The zero-order valence-electron chi connectivity index (χ0n) is 14.0. The Hall–Kier alpha value is -2.52. The second kappa shape index (κ2) is 7.00. The number of hydrogen-bond acceptors (Lipinski definition) is 2. The van der Waals surface area contributed by atoms with E-state index in [2.05, 4.69) is 15.9 Å². The van der Waals surface area contributed by atoms with Gasteiger partial charge in [0, 0.05) is 33.4 Å². The molecule has 4 rings (SSSR count). The number of benzene rings is 3. The van der Waals surface area contributed by atoms with Crippen molar-refractivity contribution in [2.45, 2.75) is 5.92 Å². The Morgan fingerprint density at radius 2 is 1.04 bits per heavy atom. The number of ketones is 2. The van der Waals surface area contributed by atoms with Crippen LogP contribution in [0, 0.1) is 11.8 Å². The molecule has 1 fully saturated rings. The highest BCUT2D eigenvalue weighted by Crippen LogP contribution is 2.56. The van der Waals surface area contributed by atoms with Crippen molar-refractivity contribution in [1.82, 2.24) is 0 Å². The van der Waals surface area contributed by atoms with Crippen molar-refractivity contribution in [3.8, 4) is 0 Å². The Balaban J connectivity index is 1.68. The second-order valence-electron chi connectivity index (χ2n) is 6.59. The normalized spacial score (nSPS) is 21.2. The van der Waals surface area contributed by atoms with Crippen LogP contribution in [0.25, 0.3) is 0 Å². The number of Topliss-reactive ketones (excluding diaryl/α,β-unsaturated/α-hetero) is 2. The molecule has 3 heteroatoms. The summed E-state index contributed by atoms with van der Waals surface area (Å²) in [5, 5.41) is 0. The van der Waals surface area contributed by atoms with E-state index in [1.165, 1.54) is 0 Å². The first-order valence-corrected chi connectivity index (χ1v) is 9.40. The van der Waals surface area contributed by atoms with Gasteiger partial charge in [-0.25, -0.2) is 0 Å². The maximum Gasteiger partial charge on any atom is 0.167 e. The van der Waals surface area contributed by atoms with Gasteiger partial charge in [-0.15, -0.1) is 0 Å². The minimum atomic E-state index is -0.300. The molecule has 3 atom stereocenters. The van der Waals surface area contributed by atoms with Crippen LogP contribution in [0.5, 0.6) is 0 Å². The van der Waals surface area contributed by atoms with Crippen LogP contribution in [-0.2, 0) is 0 Å². The molecule has 0 heterocycles. The van der Waals surface area contributed by atoms with Gasteiger partial charge in [0.2, 0.25) is 0 Å². The summed E-state index contributed by atoms with van der Waals surface area (Å²) in [6.07, 6.45) is 0. The van der Waals surface area contributed by atoms with Crippen molar-refractivity contribution in [2.24, 2.45) is 11.8 Å². The van der Waals surface area contributed by atoms with Gasteiger partial charge in [0.25, 0.3) is 0 Å². The van der Waals surface area contributed by atoms with Gasteiger partial charge in [-0.05, 0) is 17.7 Å². The van der Waals surface area contributed by atoms with Crippen LogP contribution >= 0.6 is 15.9 Å². The predicted molar refractivity (Wildman–Crippen MR) is 105 cm³/mol. The molecule has 3 aromatic carbocycles. The fourth-order valence-electron chi connectivity index (χ4n) is 3.65. The van der Waals surface area contributed by atoms with E-state index in [0.29, 0.717) is 11.1 Å². The van der Waals surface area contributed by atoms with Crippen LogP contribution in [0.1, 0.15) is 32.2 Å². The Labute approximate surface area is 161 Å². The zero-order valence-corrected chi connectivity index (χ0v) is 15.6. The van der Waals surface area contributed by atoms with Gasteiger partial charge >= 0.3 is 0 Å². The predicted octanol–water partition coefficient (Wildman–Crippen LogP) is 5.54. The van der Waals surface area contributed by atoms with Crippen LogP contribution < -0.4 is 0 Å². The molecule has 2 nitrogen and oxygen atoms in total. The Morgan fingerprint density at radius 1 is 0.615 bits per heavy atom. The zero-order chi connectivity index (χ0) is 18.1. The molecule has 0 aliphatic heterocycles. The average molecular weight is 405 g/mol. The highest BCUT2D eigenvalue weighted by atomic mass is 79.9. The van der Waals surface area contributed by atoms with Gasteiger partial charge in [-0.1, -0.05) is 88.7 Å². The molecule has 1 aliphatic rings. The topological polar surface area (TPSA) is 34.1 Å². The number of halogens is 1. The van der Waals surface area contributed by atoms with Gasteiger partial charge in [0.05, 0.1) is 0 Å². The summed E-state index contributed by atoms with van der Waals surface area (Å²) in [6.45, 7) is 0. The molecule has 0 amide bonds. The van der Waals surface area contributed by atoms with Crippen molar-refractivity contribution in [3.63, 3.8) is 0 Å². The Bertz CT molecular complexity index is 875. The molecule has 1 unspecified atom stereocenters. The van der Waals surface area contributed by atoms with Gasteiger partial charge < -0.3 is 0 Å². The summed E-state index contributed by atoms with van der Waals surface area (Å²) in [7, 11) is 0. The van der Waals surface area contributed by atoms with Crippen molar-refractivity contribution in [1.29, 1.82) is 0 Å². The van der Waals surface area contributed by atoms with Crippen molar-refractivity contribution in [2.75, 3.05) is 0 Å². The van der Waals surface area contributed by atoms with E-state index < -0.39 is 0 Å². The van der Waals surface area contributed by atoms with E-state index in [-0.39, 0.29) is 29.3 Å². The van der Waals surface area contributed by atoms with Crippen LogP contribution in [0.15, 0.2) is 89.4 Å². The number of carbonyl (C=O) groups excluding carboxylic acids is 2. The first kappa shape index (κ1) is 16.9. The van der Waals surface area contributed by atoms with E-state index in [9.17, 15) is 9.59 Å². The molecule has 3 aromatic rings. The van der Waals surface area contributed by atoms with Gasteiger partial charge in [0.15, 0.2) is 11.6 Å². The molecule has 0 spiro atoms. The highest BCUT2D eigenvalue weighted by Gasteiger charge is 2.59. The molecule has 0 aromatic heterocycles. The van der Waals surface area contributed by atoms with Crippen molar-refractivity contribution < 1.29 is 9.59 Å². The number of hydrogen-bond donors (Lipinski definition) is 0. The average Bonchev–Trinajstić information content (AvgIpc) is 3.44. The summed E-state index contributed by atoms with van der Waals surface area (Å²) < 4.78 is 0.985. The lowest BCUT2D eigenvalue weighted by Gasteiger charge is -2.01. The first-order valence-electron chi connectivity index (χ1n) is 8.61. The fourth-order valence-corrected chi connectivity index (χ4v) is 3.92. The summed E-state index contributed by atoms with van der Waals surface area (Å²) in [5.41, 5.74) is 2.38. The summed E-state index contributed by atoms with van der Waals surface area (Å²) in [4.78, 5) is 26.1. The van der Waals surface area contributed by atoms with Crippen LogP contribution in [0.3, 0.4) is 0 Å². The lowest BCUT2D eigenvalue weighted by molar-refractivity contribution is 0.0906. The van der Waals surface area contributed by atoms with E-state index in [4.69, 9.17) is 0 Å². The first-order chi connectivity index (χ1) is 12.7. The van der Waals surface area contributed by atoms with Gasteiger partial charge in [-0.2, -0.15) is 0 Å². The van der Waals surface area contributed by atoms with E-state index >= 15 is 0 Å². The number of rotatable bonds is 5.